The molecule has 0 radical (unpaired) electrons. The molecule has 0 spiro atoms. The Morgan fingerprint density at radius 2 is 1.74 bits per heavy atom. The summed E-state index contributed by atoms with van der Waals surface area (Å²) in [6.07, 6.45) is 0.699. The highest BCUT2D eigenvalue weighted by atomic mass is 16.4. The maximum absolute atomic E-state index is 12.1. The maximum Gasteiger partial charge on any atom is 0.323 e. The van der Waals surface area contributed by atoms with Crippen molar-refractivity contribution in [3.05, 3.63) is 0 Å². The third kappa shape index (κ3) is 3.82. The first-order valence-electron chi connectivity index (χ1n) is 5.96. The number of hydrogen-bond donors (Lipinski definition) is 3. The van der Waals surface area contributed by atoms with Crippen LogP contribution in [-0.4, -0.2) is 75.4 Å². The molecule has 1 saturated heterocycles. The highest BCUT2D eigenvalue weighted by Crippen LogP contribution is 2.24. The van der Waals surface area contributed by atoms with E-state index in [4.69, 9.17) is 10.2 Å². The van der Waals surface area contributed by atoms with E-state index in [9.17, 15) is 19.5 Å². The molecular weight excluding hydrogens is 256 g/mol. The Balaban J connectivity index is 2.80. The number of carbonyl (C=O) groups is 3. The molecule has 0 bridgehead atoms. The summed E-state index contributed by atoms with van der Waals surface area (Å²) in [7, 11) is 0. The predicted molar refractivity (Wildman–Crippen MR) is 63.6 cm³/mol. The molecule has 108 valence electrons. The topological polar surface area (TPSA) is 118 Å². The Morgan fingerprint density at radius 3 is 2.16 bits per heavy atom. The molecule has 2 amide bonds. The van der Waals surface area contributed by atoms with E-state index in [0.29, 0.717) is 13.0 Å². The van der Waals surface area contributed by atoms with Gasteiger partial charge in [-0.15, -0.1) is 0 Å². The lowest BCUT2D eigenvalue weighted by Crippen LogP contribution is -2.50. The van der Waals surface area contributed by atoms with Gasteiger partial charge in [-0.25, -0.2) is 4.79 Å². The first-order valence-corrected chi connectivity index (χ1v) is 5.96. The Hall–Kier alpha value is -1.83. The molecule has 3 N–H and O–H groups in total. The summed E-state index contributed by atoms with van der Waals surface area (Å²) in [5, 5.41) is 26.7. The minimum absolute atomic E-state index is 0.102. The molecule has 1 aliphatic heterocycles. The summed E-state index contributed by atoms with van der Waals surface area (Å²) in [6, 6.07) is -1.05. The van der Waals surface area contributed by atoms with Crippen LogP contribution < -0.4 is 0 Å². The van der Waals surface area contributed by atoms with Gasteiger partial charge >= 0.3 is 18.0 Å². The van der Waals surface area contributed by atoms with Crippen LogP contribution in [0.25, 0.3) is 0 Å². The highest BCUT2D eigenvalue weighted by Gasteiger charge is 2.36. The van der Waals surface area contributed by atoms with Crippen LogP contribution in [0.15, 0.2) is 0 Å². The number of amides is 2. The fourth-order valence-electron chi connectivity index (χ4n) is 2.22. The molecule has 1 fully saturated rings. The molecule has 1 aliphatic rings. The molecular formula is C11H18N2O6. The van der Waals surface area contributed by atoms with E-state index in [0.717, 1.165) is 4.90 Å². The molecule has 1 heterocycles. The van der Waals surface area contributed by atoms with Gasteiger partial charge < -0.3 is 25.1 Å². The fourth-order valence-corrected chi connectivity index (χ4v) is 2.22. The van der Waals surface area contributed by atoms with E-state index in [2.05, 4.69) is 0 Å². The number of aliphatic hydroxyl groups is 1. The zero-order chi connectivity index (χ0) is 14.6. The fraction of sp³-hybridized carbons (Fsp3) is 0.727. The summed E-state index contributed by atoms with van der Waals surface area (Å²) in [4.78, 5) is 35.6. The van der Waals surface area contributed by atoms with Crippen molar-refractivity contribution in [2.24, 2.45) is 5.92 Å². The van der Waals surface area contributed by atoms with Gasteiger partial charge in [-0.2, -0.15) is 0 Å². The number of rotatable bonds is 5. The van der Waals surface area contributed by atoms with Crippen molar-refractivity contribution in [3.8, 4) is 0 Å². The number of carbonyl (C=O) groups excluding carboxylic acids is 1. The van der Waals surface area contributed by atoms with Gasteiger partial charge in [-0.05, 0) is 12.3 Å². The second-order valence-electron chi connectivity index (χ2n) is 4.64. The zero-order valence-electron chi connectivity index (χ0n) is 10.7. The summed E-state index contributed by atoms with van der Waals surface area (Å²) in [6.45, 7) is 0.705. The number of hydrogen-bond acceptors (Lipinski definition) is 4. The van der Waals surface area contributed by atoms with E-state index in [-0.39, 0.29) is 12.5 Å². The van der Waals surface area contributed by atoms with Gasteiger partial charge in [-0.3, -0.25) is 9.59 Å². The van der Waals surface area contributed by atoms with Gasteiger partial charge in [0.2, 0.25) is 0 Å². The number of carboxylic acids is 2. The second kappa shape index (κ2) is 6.37. The Kier molecular flexibility index (Phi) is 5.11. The number of urea groups is 1. The number of nitrogens with zero attached hydrogens (tertiary/aromatic N) is 2. The zero-order valence-corrected chi connectivity index (χ0v) is 10.7. The summed E-state index contributed by atoms with van der Waals surface area (Å²) in [5.74, 6) is -2.45. The van der Waals surface area contributed by atoms with Gasteiger partial charge in [0.05, 0.1) is 12.6 Å². The number of likely N-dealkylation sites (tertiary alicyclic amines) is 1. The quantitative estimate of drug-likeness (QED) is 0.609. The molecule has 0 saturated carbocycles. The average molecular weight is 274 g/mol. The number of aliphatic hydroxyl groups excluding tert-OH is 1. The van der Waals surface area contributed by atoms with E-state index in [1.54, 1.807) is 0 Å². The van der Waals surface area contributed by atoms with E-state index in [1.165, 1.54) is 4.90 Å². The first-order chi connectivity index (χ1) is 8.86. The molecule has 2 unspecified atom stereocenters. The Bertz CT molecular complexity index is 356. The Labute approximate surface area is 110 Å². The predicted octanol–water partition coefficient (Wildman–Crippen LogP) is -0.720. The maximum atomic E-state index is 12.1. The van der Waals surface area contributed by atoms with Gasteiger partial charge in [0.25, 0.3) is 0 Å². The minimum atomic E-state index is -1.28. The van der Waals surface area contributed by atoms with E-state index >= 15 is 0 Å². The van der Waals surface area contributed by atoms with Crippen molar-refractivity contribution in [1.29, 1.82) is 0 Å². The van der Waals surface area contributed by atoms with Crippen LogP contribution in [0.1, 0.15) is 13.3 Å². The molecule has 8 nitrogen and oxygen atoms in total. The van der Waals surface area contributed by atoms with Crippen molar-refractivity contribution < 1.29 is 29.7 Å². The SMILES string of the molecule is CC1CCN(C(=O)N(CC(=O)O)CC(=O)O)C1CO. The van der Waals surface area contributed by atoms with Crippen LogP contribution >= 0.6 is 0 Å². The van der Waals surface area contributed by atoms with Crippen molar-refractivity contribution in [1.82, 2.24) is 9.80 Å². The normalized spacial score (nSPS) is 22.3. The van der Waals surface area contributed by atoms with Crippen molar-refractivity contribution in [3.63, 3.8) is 0 Å². The highest BCUT2D eigenvalue weighted by molar-refractivity contribution is 5.84. The second-order valence-corrected chi connectivity index (χ2v) is 4.64. The summed E-state index contributed by atoms with van der Waals surface area (Å²) >= 11 is 0. The third-order valence-corrected chi connectivity index (χ3v) is 3.24. The standard InChI is InChI=1S/C11H18N2O6/c1-7-2-3-13(8(7)6-14)11(19)12(4-9(15)16)5-10(17)18/h7-8,14H,2-6H2,1H3,(H,15,16)(H,17,18). The van der Waals surface area contributed by atoms with E-state index < -0.39 is 37.1 Å². The largest absolute Gasteiger partial charge is 0.480 e. The smallest absolute Gasteiger partial charge is 0.323 e. The van der Waals surface area contributed by atoms with Gasteiger partial charge in [0.1, 0.15) is 13.1 Å². The van der Waals surface area contributed by atoms with Crippen LogP contribution in [0.2, 0.25) is 0 Å². The minimum Gasteiger partial charge on any atom is -0.480 e. The lowest BCUT2D eigenvalue weighted by Gasteiger charge is -2.30. The lowest BCUT2D eigenvalue weighted by atomic mass is 10.0. The van der Waals surface area contributed by atoms with Gasteiger partial charge in [0.15, 0.2) is 0 Å². The molecule has 0 aromatic carbocycles. The van der Waals surface area contributed by atoms with Crippen molar-refractivity contribution in [2.75, 3.05) is 26.2 Å². The molecule has 1 rings (SSSR count). The van der Waals surface area contributed by atoms with Gasteiger partial charge in [-0.1, -0.05) is 6.92 Å². The number of carboxylic acid groups (broad SMARTS) is 2. The molecule has 2 atom stereocenters. The molecule has 0 aromatic heterocycles. The molecule has 8 heteroatoms. The first kappa shape index (κ1) is 15.2. The third-order valence-electron chi connectivity index (χ3n) is 3.24. The van der Waals surface area contributed by atoms with Crippen molar-refractivity contribution >= 4 is 18.0 Å². The average Bonchev–Trinajstić information content (AvgIpc) is 2.67. The van der Waals surface area contributed by atoms with Crippen LogP contribution in [0.3, 0.4) is 0 Å². The Morgan fingerprint density at radius 1 is 1.21 bits per heavy atom. The van der Waals surface area contributed by atoms with E-state index in [1.807, 2.05) is 6.92 Å². The van der Waals surface area contributed by atoms with Crippen LogP contribution in [-0.2, 0) is 9.59 Å². The number of aliphatic carboxylic acids is 2. The summed E-state index contributed by atoms with van der Waals surface area (Å²) in [5.41, 5.74) is 0. The van der Waals surface area contributed by atoms with Crippen LogP contribution in [0, 0.1) is 5.92 Å². The van der Waals surface area contributed by atoms with Crippen molar-refractivity contribution in [2.45, 2.75) is 19.4 Å². The van der Waals surface area contributed by atoms with Crippen LogP contribution in [0.4, 0.5) is 4.79 Å². The van der Waals surface area contributed by atoms with Gasteiger partial charge in [0, 0.05) is 6.54 Å². The molecule has 0 aromatic rings. The lowest BCUT2D eigenvalue weighted by molar-refractivity contribution is -0.140. The molecule has 0 aliphatic carbocycles. The monoisotopic (exact) mass is 274 g/mol. The van der Waals surface area contributed by atoms with Crippen LogP contribution in [0.5, 0.6) is 0 Å². The molecule has 19 heavy (non-hydrogen) atoms. The summed E-state index contributed by atoms with van der Waals surface area (Å²) < 4.78 is 0.